The van der Waals surface area contributed by atoms with Crippen LogP contribution in [0.2, 0.25) is 5.02 Å². The fourth-order valence-electron chi connectivity index (χ4n) is 2.30. The van der Waals surface area contributed by atoms with E-state index in [-0.39, 0.29) is 5.56 Å². The predicted molar refractivity (Wildman–Crippen MR) is 89.9 cm³/mol. The van der Waals surface area contributed by atoms with E-state index in [0.717, 1.165) is 5.56 Å². The number of oxazole rings is 1. The van der Waals surface area contributed by atoms with Gasteiger partial charge in [0, 0.05) is 0 Å². The lowest BCUT2D eigenvalue weighted by Crippen LogP contribution is -2.20. The van der Waals surface area contributed by atoms with Crippen molar-refractivity contribution in [3.8, 4) is 11.5 Å². The molecule has 0 radical (unpaired) electrons. The summed E-state index contributed by atoms with van der Waals surface area (Å²) in [4.78, 5) is 21.1. The lowest BCUT2D eigenvalue weighted by molar-refractivity contribution is 0.571. The molecule has 3 heterocycles. The summed E-state index contributed by atoms with van der Waals surface area (Å²) < 4.78 is 7.65. The molecule has 114 valence electrons. The summed E-state index contributed by atoms with van der Waals surface area (Å²) in [6, 6.07) is 9.15. The summed E-state index contributed by atoms with van der Waals surface area (Å²) in [6.45, 7) is 0.299. The molecule has 0 atom stereocenters. The minimum atomic E-state index is -0.0766. The number of fused-ring (bicyclic) bond motifs is 1. The summed E-state index contributed by atoms with van der Waals surface area (Å²) in [5.41, 5.74) is 2.00. The number of hydrogen-bond acceptors (Lipinski definition) is 5. The second kappa shape index (κ2) is 5.64. The van der Waals surface area contributed by atoms with Gasteiger partial charge in [-0.1, -0.05) is 23.7 Å². The second-order valence-electron chi connectivity index (χ2n) is 4.94. The SMILES string of the molecule is O=c1c2sccc2ncn1Cc1coc(-c2ccccc2Cl)n1. The van der Waals surface area contributed by atoms with Crippen LogP contribution in [0.4, 0.5) is 0 Å². The third-order valence-corrected chi connectivity index (χ3v) is 4.65. The van der Waals surface area contributed by atoms with Gasteiger partial charge in [-0.05, 0) is 23.6 Å². The van der Waals surface area contributed by atoms with Crippen LogP contribution in [0, 0.1) is 0 Å². The highest BCUT2D eigenvalue weighted by molar-refractivity contribution is 7.17. The largest absolute Gasteiger partial charge is 0.444 e. The van der Waals surface area contributed by atoms with E-state index in [0.29, 0.717) is 33.4 Å². The van der Waals surface area contributed by atoms with E-state index in [1.54, 1.807) is 6.07 Å². The Morgan fingerprint density at radius 3 is 3.00 bits per heavy atom. The van der Waals surface area contributed by atoms with Crippen molar-refractivity contribution in [3.63, 3.8) is 0 Å². The Balaban J connectivity index is 1.68. The Hall–Kier alpha value is -2.44. The fourth-order valence-corrected chi connectivity index (χ4v) is 3.31. The minimum absolute atomic E-state index is 0.0766. The van der Waals surface area contributed by atoms with Crippen LogP contribution in [0.1, 0.15) is 5.69 Å². The molecule has 4 rings (SSSR count). The molecule has 0 aliphatic carbocycles. The highest BCUT2D eigenvalue weighted by atomic mass is 35.5. The van der Waals surface area contributed by atoms with Gasteiger partial charge in [-0.3, -0.25) is 9.36 Å². The first kappa shape index (κ1) is 14.2. The van der Waals surface area contributed by atoms with Crippen molar-refractivity contribution in [1.29, 1.82) is 0 Å². The zero-order valence-electron chi connectivity index (χ0n) is 11.8. The first-order valence-electron chi connectivity index (χ1n) is 6.84. The zero-order valence-corrected chi connectivity index (χ0v) is 13.3. The molecule has 0 saturated heterocycles. The molecule has 7 heteroatoms. The van der Waals surface area contributed by atoms with Crippen LogP contribution in [0.15, 0.2) is 57.5 Å². The average molecular weight is 344 g/mol. The molecule has 3 aromatic heterocycles. The molecule has 0 aliphatic heterocycles. The molecule has 0 spiro atoms. The van der Waals surface area contributed by atoms with Gasteiger partial charge in [0.2, 0.25) is 5.89 Å². The molecular formula is C16H10ClN3O2S. The molecule has 0 bridgehead atoms. The smallest absolute Gasteiger partial charge is 0.271 e. The Bertz CT molecular complexity index is 1050. The Morgan fingerprint density at radius 1 is 1.26 bits per heavy atom. The summed E-state index contributed by atoms with van der Waals surface area (Å²) in [5.74, 6) is 0.434. The van der Waals surface area contributed by atoms with Crippen LogP contribution < -0.4 is 5.56 Å². The van der Waals surface area contributed by atoms with Crippen LogP contribution >= 0.6 is 22.9 Å². The molecular weight excluding hydrogens is 334 g/mol. The number of benzene rings is 1. The highest BCUT2D eigenvalue weighted by Gasteiger charge is 2.12. The normalized spacial score (nSPS) is 11.2. The van der Waals surface area contributed by atoms with Gasteiger partial charge in [0.15, 0.2) is 0 Å². The molecule has 0 amide bonds. The molecule has 23 heavy (non-hydrogen) atoms. The summed E-state index contributed by atoms with van der Waals surface area (Å²) in [6.07, 6.45) is 3.06. The van der Waals surface area contributed by atoms with E-state index in [9.17, 15) is 4.79 Å². The Labute approximate surface area is 139 Å². The van der Waals surface area contributed by atoms with Crippen LogP contribution in [-0.4, -0.2) is 14.5 Å². The molecule has 0 aliphatic rings. The zero-order chi connectivity index (χ0) is 15.8. The third kappa shape index (κ3) is 2.56. The van der Waals surface area contributed by atoms with Crippen LogP contribution in [-0.2, 0) is 6.54 Å². The Kier molecular flexibility index (Phi) is 3.48. The third-order valence-electron chi connectivity index (χ3n) is 3.42. The van der Waals surface area contributed by atoms with Crippen molar-refractivity contribution in [2.24, 2.45) is 0 Å². The van der Waals surface area contributed by atoms with E-state index in [1.807, 2.05) is 29.6 Å². The molecule has 4 aromatic rings. The highest BCUT2D eigenvalue weighted by Crippen LogP contribution is 2.26. The maximum Gasteiger partial charge on any atom is 0.271 e. The van der Waals surface area contributed by atoms with E-state index in [2.05, 4.69) is 9.97 Å². The topological polar surface area (TPSA) is 60.9 Å². The van der Waals surface area contributed by atoms with Crippen molar-refractivity contribution < 1.29 is 4.42 Å². The van der Waals surface area contributed by atoms with Crippen molar-refractivity contribution in [3.05, 3.63) is 69.4 Å². The number of aromatic nitrogens is 3. The van der Waals surface area contributed by atoms with Gasteiger partial charge in [0.05, 0.1) is 34.7 Å². The molecule has 5 nitrogen and oxygen atoms in total. The minimum Gasteiger partial charge on any atom is -0.444 e. The molecule has 0 fully saturated rings. The van der Waals surface area contributed by atoms with Gasteiger partial charge in [-0.15, -0.1) is 11.3 Å². The Morgan fingerprint density at radius 2 is 2.13 bits per heavy atom. The van der Waals surface area contributed by atoms with Crippen molar-refractivity contribution in [2.45, 2.75) is 6.54 Å². The van der Waals surface area contributed by atoms with Gasteiger partial charge < -0.3 is 4.42 Å². The van der Waals surface area contributed by atoms with Crippen LogP contribution in [0.5, 0.6) is 0 Å². The first-order valence-corrected chi connectivity index (χ1v) is 8.10. The first-order chi connectivity index (χ1) is 11.2. The van der Waals surface area contributed by atoms with Crippen LogP contribution in [0.25, 0.3) is 21.7 Å². The maximum absolute atomic E-state index is 12.4. The van der Waals surface area contributed by atoms with E-state index in [1.165, 1.54) is 28.5 Å². The van der Waals surface area contributed by atoms with Crippen LogP contribution in [0.3, 0.4) is 0 Å². The summed E-state index contributed by atoms with van der Waals surface area (Å²) in [5, 5.41) is 2.43. The summed E-state index contributed by atoms with van der Waals surface area (Å²) >= 11 is 7.53. The van der Waals surface area contributed by atoms with E-state index >= 15 is 0 Å². The maximum atomic E-state index is 12.4. The number of rotatable bonds is 3. The lowest BCUT2D eigenvalue weighted by atomic mass is 10.2. The lowest BCUT2D eigenvalue weighted by Gasteiger charge is -2.01. The molecule has 0 N–H and O–H groups in total. The summed E-state index contributed by atoms with van der Waals surface area (Å²) in [7, 11) is 0. The van der Waals surface area contributed by atoms with E-state index < -0.39 is 0 Å². The monoisotopic (exact) mass is 343 g/mol. The molecule has 0 saturated carbocycles. The van der Waals surface area contributed by atoms with Crippen molar-refractivity contribution in [2.75, 3.05) is 0 Å². The predicted octanol–water partition coefficient (Wildman–Crippen LogP) is 3.81. The average Bonchev–Trinajstić information content (AvgIpc) is 3.20. The van der Waals surface area contributed by atoms with E-state index in [4.69, 9.17) is 16.0 Å². The quantitative estimate of drug-likeness (QED) is 0.567. The van der Waals surface area contributed by atoms with Gasteiger partial charge in [0.25, 0.3) is 5.56 Å². The van der Waals surface area contributed by atoms with Gasteiger partial charge >= 0.3 is 0 Å². The number of nitrogens with zero attached hydrogens (tertiary/aromatic N) is 3. The van der Waals surface area contributed by atoms with Gasteiger partial charge in [-0.25, -0.2) is 9.97 Å². The van der Waals surface area contributed by atoms with Crippen molar-refractivity contribution in [1.82, 2.24) is 14.5 Å². The fraction of sp³-hybridized carbons (Fsp3) is 0.0625. The number of hydrogen-bond donors (Lipinski definition) is 0. The van der Waals surface area contributed by atoms with Gasteiger partial charge in [-0.2, -0.15) is 0 Å². The van der Waals surface area contributed by atoms with Crippen molar-refractivity contribution >= 4 is 33.2 Å². The van der Waals surface area contributed by atoms with Gasteiger partial charge in [0.1, 0.15) is 11.0 Å². The number of thiophene rings is 1. The molecule has 1 aromatic carbocycles. The standard InChI is InChI=1S/C16H10ClN3O2S/c17-12-4-2-1-3-11(12)15-19-10(8-22-15)7-20-9-18-13-5-6-23-14(13)16(20)21/h1-6,8-9H,7H2. The molecule has 0 unspecified atom stereocenters. The second-order valence-corrected chi connectivity index (χ2v) is 6.26. The number of halogens is 1.